The molecule has 0 spiro atoms. The van der Waals surface area contributed by atoms with Crippen LogP contribution < -0.4 is 14.2 Å². The van der Waals surface area contributed by atoms with Gasteiger partial charge in [-0.1, -0.05) is 12.1 Å². The van der Waals surface area contributed by atoms with Crippen molar-refractivity contribution in [2.45, 2.75) is 38.5 Å². The molecule has 0 unspecified atom stereocenters. The first kappa shape index (κ1) is 25.8. The Labute approximate surface area is 218 Å². The Hall–Kier alpha value is -3.79. The number of para-hydroxylation sites is 1. The summed E-state index contributed by atoms with van der Waals surface area (Å²) in [7, 11) is 3.38. The van der Waals surface area contributed by atoms with Crippen LogP contribution in [0.25, 0.3) is 11.0 Å². The first-order valence-corrected chi connectivity index (χ1v) is 12.4. The summed E-state index contributed by atoms with van der Waals surface area (Å²) < 4.78 is 57.2. The van der Waals surface area contributed by atoms with Crippen LogP contribution in [0.15, 0.2) is 54.6 Å². The maximum atomic E-state index is 14.2. The molecule has 0 atom stereocenters. The first-order chi connectivity index (χ1) is 18.4. The summed E-state index contributed by atoms with van der Waals surface area (Å²) in [5.74, 6) is 1.69. The predicted molar refractivity (Wildman–Crippen MR) is 136 cm³/mol. The number of pyridine rings is 1. The van der Waals surface area contributed by atoms with E-state index in [-0.39, 0.29) is 24.1 Å². The molecule has 1 fully saturated rings. The van der Waals surface area contributed by atoms with Crippen molar-refractivity contribution in [3.8, 4) is 17.4 Å². The van der Waals surface area contributed by atoms with Gasteiger partial charge < -0.3 is 18.8 Å². The van der Waals surface area contributed by atoms with Gasteiger partial charge in [-0.25, -0.2) is 14.4 Å². The van der Waals surface area contributed by atoms with Crippen molar-refractivity contribution in [2.24, 2.45) is 7.05 Å². The Bertz CT molecular complexity index is 1400. The van der Waals surface area contributed by atoms with Crippen molar-refractivity contribution < 1.29 is 27.4 Å². The van der Waals surface area contributed by atoms with Crippen LogP contribution in [-0.4, -0.2) is 46.2 Å². The van der Waals surface area contributed by atoms with Gasteiger partial charge in [0.15, 0.2) is 5.75 Å². The van der Waals surface area contributed by atoms with E-state index in [2.05, 4.69) is 19.6 Å². The van der Waals surface area contributed by atoms with Crippen LogP contribution in [0.3, 0.4) is 0 Å². The fourth-order valence-electron chi connectivity index (χ4n) is 4.82. The van der Waals surface area contributed by atoms with Crippen LogP contribution in [0, 0.1) is 5.82 Å². The Kier molecular flexibility index (Phi) is 7.69. The van der Waals surface area contributed by atoms with Crippen molar-refractivity contribution in [1.29, 1.82) is 0 Å². The van der Waals surface area contributed by atoms with Gasteiger partial charge in [0.05, 0.1) is 19.2 Å². The largest absolute Gasteiger partial charge is 0.497 e. The molecule has 0 aliphatic carbocycles. The molecule has 1 aliphatic rings. The predicted octanol–water partition coefficient (Wildman–Crippen LogP) is 5.68. The maximum Gasteiger partial charge on any atom is 0.387 e. The molecule has 200 valence electrons. The number of aryl methyl sites for hydroxylation is 1. The van der Waals surface area contributed by atoms with Crippen LogP contribution >= 0.6 is 0 Å². The highest BCUT2D eigenvalue weighted by Crippen LogP contribution is 2.31. The Morgan fingerprint density at radius 1 is 1.03 bits per heavy atom. The molecule has 0 amide bonds. The van der Waals surface area contributed by atoms with Crippen LogP contribution in [0.1, 0.15) is 35.8 Å². The number of halogens is 3. The van der Waals surface area contributed by atoms with Crippen LogP contribution in [0.4, 0.5) is 13.2 Å². The van der Waals surface area contributed by atoms with E-state index in [0.29, 0.717) is 29.3 Å². The van der Waals surface area contributed by atoms with E-state index < -0.39 is 6.61 Å². The normalized spacial score (nSPS) is 14.8. The Morgan fingerprint density at radius 3 is 2.55 bits per heavy atom. The van der Waals surface area contributed by atoms with Crippen molar-refractivity contribution in [2.75, 3.05) is 20.2 Å². The SMILES string of the molecule is COc1ccc(COc2cccc(C3CCN(Cc4nc5c(OC(F)F)cccc5n4C)CC3)n2)c(F)c1. The number of rotatable bonds is 9. The van der Waals surface area contributed by atoms with Gasteiger partial charge >= 0.3 is 6.61 Å². The van der Waals surface area contributed by atoms with E-state index in [1.54, 1.807) is 24.3 Å². The first-order valence-electron chi connectivity index (χ1n) is 12.4. The third kappa shape index (κ3) is 5.70. The van der Waals surface area contributed by atoms with Crippen molar-refractivity contribution in [1.82, 2.24) is 19.4 Å². The minimum absolute atomic E-state index is 0.0762. The quantitative estimate of drug-likeness (QED) is 0.280. The number of piperidine rings is 1. The molecule has 0 N–H and O–H groups in total. The highest BCUT2D eigenvalue weighted by Gasteiger charge is 2.24. The third-order valence-electron chi connectivity index (χ3n) is 6.93. The van der Waals surface area contributed by atoms with E-state index in [9.17, 15) is 13.2 Å². The van der Waals surface area contributed by atoms with Crippen LogP contribution in [0.2, 0.25) is 0 Å². The number of hydrogen-bond acceptors (Lipinski definition) is 6. The number of alkyl halides is 2. The lowest BCUT2D eigenvalue weighted by Gasteiger charge is -2.31. The molecular weight excluding hydrogens is 497 g/mol. The Balaban J connectivity index is 1.19. The van der Waals surface area contributed by atoms with E-state index >= 15 is 0 Å². The highest BCUT2D eigenvalue weighted by atomic mass is 19.3. The smallest absolute Gasteiger partial charge is 0.387 e. The maximum absolute atomic E-state index is 14.2. The number of imidazole rings is 1. The molecule has 3 heterocycles. The number of fused-ring (bicyclic) bond motifs is 1. The summed E-state index contributed by atoms with van der Waals surface area (Å²) in [6.45, 7) is -0.523. The van der Waals surface area contributed by atoms with E-state index in [1.165, 1.54) is 19.2 Å². The Morgan fingerprint density at radius 2 is 1.82 bits per heavy atom. The van der Waals surface area contributed by atoms with Gasteiger partial charge in [-0.15, -0.1) is 0 Å². The standard InChI is InChI=1S/C28H29F3N4O3/c1-34-23-6-4-7-24(38-28(30)31)27(23)33-25(34)16-35-13-11-18(12-14-35)22-5-3-8-26(32-22)37-17-19-9-10-20(36-2)15-21(19)29/h3-10,15,18,28H,11-14,16-17H2,1-2H3. The van der Waals surface area contributed by atoms with E-state index in [4.69, 9.17) is 9.47 Å². The number of methoxy groups -OCH3 is 1. The minimum Gasteiger partial charge on any atom is -0.497 e. The number of ether oxygens (including phenoxy) is 3. The summed E-state index contributed by atoms with van der Waals surface area (Å²) in [6.07, 6.45) is 1.82. The van der Waals surface area contributed by atoms with E-state index in [0.717, 1.165) is 43.0 Å². The lowest BCUT2D eigenvalue weighted by molar-refractivity contribution is -0.0489. The number of hydrogen-bond donors (Lipinski definition) is 0. The molecule has 4 aromatic rings. The fraction of sp³-hybridized carbons (Fsp3) is 0.357. The van der Waals surface area contributed by atoms with Crippen LogP contribution in [0.5, 0.6) is 17.4 Å². The third-order valence-corrected chi connectivity index (χ3v) is 6.93. The summed E-state index contributed by atoms with van der Waals surface area (Å²) in [6, 6.07) is 15.4. The molecule has 0 saturated carbocycles. The van der Waals surface area contributed by atoms with Gasteiger partial charge in [0.2, 0.25) is 5.88 Å². The molecule has 5 rings (SSSR count). The van der Waals surface area contributed by atoms with Gasteiger partial charge in [-0.3, -0.25) is 4.90 Å². The molecule has 0 bridgehead atoms. The molecule has 0 radical (unpaired) electrons. The van der Waals surface area contributed by atoms with Crippen LogP contribution in [-0.2, 0) is 20.2 Å². The van der Waals surface area contributed by atoms with Crippen molar-refractivity contribution >= 4 is 11.0 Å². The van der Waals surface area contributed by atoms with Crippen molar-refractivity contribution in [3.05, 3.63) is 77.5 Å². The molecule has 10 heteroatoms. The van der Waals surface area contributed by atoms with Gasteiger partial charge in [0, 0.05) is 36.4 Å². The molecular formula is C28H29F3N4O3. The second-order valence-electron chi connectivity index (χ2n) is 9.29. The fourth-order valence-corrected chi connectivity index (χ4v) is 4.82. The lowest BCUT2D eigenvalue weighted by Crippen LogP contribution is -2.33. The number of likely N-dealkylation sites (tertiary alicyclic amines) is 1. The average molecular weight is 527 g/mol. The number of aromatic nitrogens is 3. The van der Waals surface area contributed by atoms with Gasteiger partial charge in [0.25, 0.3) is 0 Å². The summed E-state index contributed by atoms with van der Waals surface area (Å²) in [5.41, 5.74) is 2.58. The highest BCUT2D eigenvalue weighted by molar-refractivity contribution is 5.82. The zero-order chi connectivity index (χ0) is 26.6. The molecule has 2 aromatic heterocycles. The molecule has 7 nitrogen and oxygen atoms in total. The average Bonchev–Trinajstić information content (AvgIpc) is 3.24. The second kappa shape index (κ2) is 11.3. The van der Waals surface area contributed by atoms with Crippen molar-refractivity contribution in [3.63, 3.8) is 0 Å². The monoisotopic (exact) mass is 526 g/mol. The molecule has 1 aliphatic heterocycles. The topological polar surface area (TPSA) is 61.6 Å². The summed E-state index contributed by atoms with van der Waals surface area (Å²) >= 11 is 0. The summed E-state index contributed by atoms with van der Waals surface area (Å²) in [4.78, 5) is 11.6. The number of nitrogens with zero attached hydrogens (tertiary/aromatic N) is 4. The summed E-state index contributed by atoms with van der Waals surface area (Å²) in [5, 5.41) is 0. The minimum atomic E-state index is -2.90. The number of benzene rings is 2. The van der Waals surface area contributed by atoms with Gasteiger partial charge in [-0.05, 0) is 56.3 Å². The molecule has 1 saturated heterocycles. The molecule has 2 aromatic carbocycles. The molecule has 38 heavy (non-hydrogen) atoms. The van der Waals surface area contributed by atoms with Gasteiger partial charge in [-0.2, -0.15) is 8.78 Å². The lowest BCUT2D eigenvalue weighted by atomic mass is 9.93. The van der Waals surface area contributed by atoms with E-state index in [1.807, 2.05) is 29.8 Å². The van der Waals surface area contributed by atoms with Gasteiger partial charge in [0.1, 0.15) is 29.5 Å². The zero-order valence-electron chi connectivity index (χ0n) is 21.2. The second-order valence-corrected chi connectivity index (χ2v) is 9.29. The zero-order valence-corrected chi connectivity index (χ0v) is 21.2.